The smallest absolute Gasteiger partial charge is 0.214 e. The number of nitrogens with zero attached hydrogens (tertiary/aromatic N) is 3. The predicted octanol–water partition coefficient (Wildman–Crippen LogP) is 0.663. The maximum Gasteiger partial charge on any atom is 0.214 e. The Bertz CT molecular complexity index is 368. The minimum Gasteiger partial charge on any atom is -0.481 e. The topological polar surface area (TPSA) is 84.0 Å². The first-order valence-corrected chi connectivity index (χ1v) is 4.86. The second-order valence-electron chi connectivity index (χ2n) is 3.30. The summed E-state index contributed by atoms with van der Waals surface area (Å²) in [4.78, 5) is 6.16. The number of ether oxygens (including phenoxy) is 1. The molecule has 1 heterocycles. The molecule has 6 heteroatoms. The fourth-order valence-electron chi connectivity index (χ4n) is 1.18. The second kappa shape index (κ2) is 5.79. The first kappa shape index (κ1) is 12.1. The van der Waals surface area contributed by atoms with Gasteiger partial charge in [0.25, 0.3) is 0 Å². The molecule has 0 spiro atoms. The molecular weight excluding hydrogens is 208 g/mol. The van der Waals surface area contributed by atoms with Crippen LogP contribution in [-0.2, 0) is 0 Å². The van der Waals surface area contributed by atoms with E-state index in [1.807, 2.05) is 24.1 Å². The fraction of sp³-hybridized carbons (Fsp3) is 0.400. The van der Waals surface area contributed by atoms with Crippen LogP contribution in [0.1, 0.15) is 6.42 Å². The Morgan fingerprint density at radius 3 is 3.00 bits per heavy atom. The van der Waals surface area contributed by atoms with Crippen LogP contribution < -0.4 is 15.4 Å². The molecule has 0 radical (unpaired) electrons. The molecule has 88 valence electrons. The minimum atomic E-state index is 0.203. The summed E-state index contributed by atoms with van der Waals surface area (Å²) in [6.07, 6.45) is 0.478. The van der Waals surface area contributed by atoms with Gasteiger partial charge in [0.1, 0.15) is 11.7 Å². The van der Waals surface area contributed by atoms with Crippen molar-refractivity contribution in [2.24, 2.45) is 10.9 Å². The SMILES string of the molecule is COc1cccc(N(C)CCC(N)=NO)n1. The molecular formula is C10H16N4O2. The number of aromatic nitrogens is 1. The maximum absolute atomic E-state index is 8.41. The van der Waals surface area contributed by atoms with Gasteiger partial charge in [-0.05, 0) is 6.07 Å². The summed E-state index contributed by atoms with van der Waals surface area (Å²) in [5.74, 6) is 1.55. The molecule has 0 aliphatic rings. The highest BCUT2D eigenvalue weighted by molar-refractivity contribution is 5.80. The Morgan fingerprint density at radius 2 is 2.38 bits per heavy atom. The van der Waals surface area contributed by atoms with E-state index in [1.165, 1.54) is 0 Å². The van der Waals surface area contributed by atoms with Crippen LogP contribution in [0.3, 0.4) is 0 Å². The van der Waals surface area contributed by atoms with Crippen molar-refractivity contribution in [3.8, 4) is 5.88 Å². The van der Waals surface area contributed by atoms with Crippen LogP contribution >= 0.6 is 0 Å². The number of pyridine rings is 1. The van der Waals surface area contributed by atoms with E-state index in [9.17, 15) is 0 Å². The van der Waals surface area contributed by atoms with Gasteiger partial charge in [-0.1, -0.05) is 11.2 Å². The molecule has 0 aliphatic heterocycles. The van der Waals surface area contributed by atoms with Gasteiger partial charge in [-0.15, -0.1) is 0 Å². The molecule has 0 fully saturated rings. The minimum absolute atomic E-state index is 0.203. The highest BCUT2D eigenvalue weighted by Crippen LogP contribution is 2.14. The Morgan fingerprint density at radius 1 is 1.62 bits per heavy atom. The average molecular weight is 224 g/mol. The third-order valence-electron chi connectivity index (χ3n) is 2.14. The van der Waals surface area contributed by atoms with Crippen molar-refractivity contribution in [3.63, 3.8) is 0 Å². The van der Waals surface area contributed by atoms with E-state index >= 15 is 0 Å². The molecule has 1 aromatic rings. The number of hydrogen-bond acceptors (Lipinski definition) is 5. The van der Waals surface area contributed by atoms with Gasteiger partial charge in [-0.2, -0.15) is 4.98 Å². The number of rotatable bonds is 5. The maximum atomic E-state index is 8.41. The first-order chi connectivity index (χ1) is 7.67. The average Bonchev–Trinajstić information content (AvgIpc) is 2.35. The van der Waals surface area contributed by atoms with E-state index in [4.69, 9.17) is 15.7 Å². The summed E-state index contributed by atoms with van der Waals surface area (Å²) in [5, 5.41) is 11.3. The zero-order valence-electron chi connectivity index (χ0n) is 9.42. The quantitative estimate of drug-likeness (QED) is 0.332. The number of anilines is 1. The van der Waals surface area contributed by atoms with Gasteiger partial charge in [0, 0.05) is 26.1 Å². The zero-order chi connectivity index (χ0) is 12.0. The van der Waals surface area contributed by atoms with Gasteiger partial charge in [0.2, 0.25) is 5.88 Å². The Balaban J connectivity index is 2.61. The third kappa shape index (κ3) is 3.30. The molecule has 1 aromatic heterocycles. The molecule has 0 bridgehead atoms. The van der Waals surface area contributed by atoms with Crippen LogP contribution in [0.2, 0.25) is 0 Å². The molecule has 0 aromatic carbocycles. The number of oxime groups is 1. The van der Waals surface area contributed by atoms with Crippen molar-refractivity contribution in [2.75, 3.05) is 25.6 Å². The summed E-state index contributed by atoms with van der Waals surface area (Å²) in [6, 6.07) is 5.51. The van der Waals surface area contributed by atoms with E-state index in [2.05, 4.69) is 10.1 Å². The highest BCUT2D eigenvalue weighted by atomic mass is 16.5. The molecule has 0 aliphatic carbocycles. The van der Waals surface area contributed by atoms with Crippen molar-refractivity contribution in [1.29, 1.82) is 0 Å². The van der Waals surface area contributed by atoms with Crippen LogP contribution in [0, 0.1) is 0 Å². The molecule has 0 unspecified atom stereocenters. The van der Waals surface area contributed by atoms with Crippen LogP contribution in [0.4, 0.5) is 5.82 Å². The summed E-state index contributed by atoms with van der Waals surface area (Å²) >= 11 is 0. The third-order valence-corrected chi connectivity index (χ3v) is 2.14. The van der Waals surface area contributed by atoms with E-state index < -0.39 is 0 Å². The van der Waals surface area contributed by atoms with Crippen molar-refractivity contribution in [1.82, 2.24) is 4.98 Å². The van der Waals surface area contributed by atoms with Crippen molar-refractivity contribution < 1.29 is 9.94 Å². The van der Waals surface area contributed by atoms with E-state index in [0.717, 1.165) is 5.82 Å². The molecule has 16 heavy (non-hydrogen) atoms. The zero-order valence-corrected chi connectivity index (χ0v) is 9.42. The summed E-state index contributed by atoms with van der Waals surface area (Å²) in [6.45, 7) is 0.621. The number of hydrogen-bond donors (Lipinski definition) is 2. The Labute approximate surface area is 94.3 Å². The Kier molecular flexibility index (Phi) is 4.38. The van der Waals surface area contributed by atoms with Gasteiger partial charge in [0.05, 0.1) is 7.11 Å². The lowest BCUT2D eigenvalue weighted by atomic mass is 10.3. The van der Waals surface area contributed by atoms with Gasteiger partial charge in [-0.25, -0.2) is 0 Å². The molecule has 6 nitrogen and oxygen atoms in total. The summed E-state index contributed by atoms with van der Waals surface area (Å²) in [5.41, 5.74) is 5.38. The highest BCUT2D eigenvalue weighted by Gasteiger charge is 2.04. The molecule has 0 saturated heterocycles. The van der Waals surface area contributed by atoms with Crippen molar-refractivity contribution in [3.05, 3.63) is 18.2 Å². The van der Waals surface area contributed by atoms with Gasteiger partial charge >= 0.3 is 0 Å². The normalized spacial score (nSPS) is 11.2. The predicted molar refractivity (Wildman–Crippen MR) is 62.1 cm³/mol. The second-order valence-corrected chi connectivity index (χ2v) is 3.30. The first-order valence-electron chi connectivity index (χ1n) is 4.86. The molecule has 0 atom stereocenters. The fourth-order valence-corrected chi connectivity index (χ4v) is 1.18. The monoisotopic (exact) mass is 224 g/mol. The van der Waals surface area contributed by atoms with Crippen LogP contribution in [-0.4, -0.2) is 36.7 Å². The molecule has 1 rings (SSSR count). The largest absolute Gasteiger partial charge is 0.481 e. The molecule has 3 N–H and O–H groups in total. The number of methoxy groups -OCH3 is 1. The van der Waals surface area contributed by atoms with Crippen LogP contribution in [0.25, 0.3) is 0 Å². The van der Waals surface area contributed by atoms with Crippen LogP contribution in [0.15, 0.2) is 23.4 Å². The number of nitrogens with two attached hydrogens (primary N) is 1. The summed E-state index contributed by atoms with van der Waals surface area (Å²) < 4.78 is 5.03. The lowest BCUT2D eigenvalue weighted by Crippen LogP contribution is -2.25. The van der Waals surface area contributed by atoms with Gasteiger partial charge < -0.3 is 20.6 Å². The molecule has 0 amide bonds. The number of amidine groups is 1. The van der Waals surface area contributed by atoms with E-state index in [-0.39, 0.29) is 5.84 Å². The van der Waals surface area contributed by atoms with E-state index in [0.29, 0.717) is 18.8 Å². The standard InChI is InChI=1S/C10H16N4O2/c1-14(7-6-8(11)13-15)9-4-3-5-10(12-9)16-2/h3-5,15H,6-7H2,1-2H3,(H2,11,13). The van der Waals surface area contributed by atoms with Crippen molar-refractivity contribution >= 4 is 11.7 Å². The van der Waals surface area contributed by atoms with Gasteiger partial charge in [0.15, 0.2) is 0 Å². The lowest BCUT2D eigenvalue weighted by Gasteiger charge is -2.17. The Hall–Kier alpha value is -1.98. The van der Waals surface area contributed by atoms with Crippen molar-refractivity contribution in [2.45, 2.75) is 6.42 Å². The van der Waals surface area contributed by atoms with Gasteiger partial charge in [-0.3, -0.25) is 0 Å². The lowest BCUT2D eigenvalue weighted by molar-refractivity contribution is 0.317. The van der Waals surface area contributed by atoms with Crippen LogP contribution in [0.5, 0.6) is 5.88 Å². The van der Waals surface area contributed by atoms with E-state index in [1.54, 1.807) is 13.2 Å². The summed E-state index contributed by atoms with van der Waals surface area (Å²) in [7, 11) is 3.45. The molecule has 0 saturated carbocycles.